The molecule has 1 aliphatic rings. The third-order valence-corrected chi connectivity index (χ3v) is 4.55. The largest absolute Gasteiger partial charge is 0.358 e. The van der Waals surface area contributed by atoms with Crippen LogP contribution in [0.3, 0.4) is 0 Å². The molecule has 1 fully saturated rings. The first-order chi connectivity index (χ1) is 9.22. The molecule has 19 heavy (non-hydrogen) atoms. The van der Waals surface area contributed by atoms with Crippen LogP contribution in [0, 0.1) is 12.3 Å². The molecular formula is C16H23N3. The van der Waals surface area contributed by atoms with Crippen LogP contribution >= 0.6 is 0 Å². The third-order valence-electron chi connectivity index (χ3n) is 4.55. The van der Waals surface area contributed by atoms with Crippen molar-refractivity contribution >= 4 is 10.9 Å². The Hall–Kier alpha value is -1.32. The molecule has 1 saturated carbocycles. The van der Waals surface area contributed by atoms with Gasteiger partial charge >= 0.3 is 0 Å². The lowest BCUT2D eigenvalue weighted by molar-refractivity contribution is 0.347. The maximum absolute atomic E-state index is 3.57. The van der Waals surface area contributed by atoms with Gasteiger partial charge < -0.3 is 15.6 Å². The fourth-order valence-electron chi connectivity index (χ4n) is 3.51. The number of benzene rings is 1. The second-order valence-electron chi connectivity index (χ2n) is 5.82. The van der Waals surface area contributed by atoms with Crippen LogP contribution in [0.4, 0.5) is 0 Å². The molecule has 3 nitrogen and oxygen atoms in total. The van der Waals surface area contributed by atoms with E-state index in [0.29, 0.717) is 11.5 Å². The Kier molecular flexibility index (Phi) is 3.11. The molecule has 3 N–H and O–H groups in total. The summed E-state index contributed by atoms with van der Waals surface area (Å²) in [6.45, 7) is 3.27. The van der Waals surface area contributed by atoms with Crippen LogP contribution in [0.25, 0.3) is 10.9 Å². The zero-order valence-corrected chi connectivity index (χ0v) is 12.0. The zero-order valence-electron chi connectivity index (χ0n) is 12.0. The molecule has 102 valence electrons. The van der Waals surface area contributed by atoms with Gasteiger partial charge in [0.05, 0.1) is 0 Å². The number of aromatic amines is 1. The molecule has 1 atom stereocenters. The second-order valence-corrected chi connectivity index (χ2v) is 5.82. The van der Waals surface area contributed by atoms with Crippen LogP contribution in [-0.4, -0.2) is 25.6 Å². The highest BCUT2D eigenvalue weighted by molar-refractivity contribution is 5.85. The van der Waals surface area contributed by atoms with Gasteiger partial charge in [0.15, 0.2) is 0 Å². The molecule has 0 bridgehead atoms. The van der Waals surface area contributed by atoms with E-state index in [2.05, 4.69) is 60.9 Å². The number of fused-ring (bicyclic) bond motifs is 1. The summed E-state index contributed by atoms with van der Waals surface area (Å²) in [7, 11) is 4.14. The first-order valence-corrected chi connectivity index (χ1v) is 7.11. The number of nitrogens with one attached hydrogen (secondary N) is 3. The molecule has 0 radical (unpaired) electrons. The number of hydrogen-bond donors (Lipinski definition) is 3. The minimum atomic E-state index is 0.388. The highest BCUT2D eigenvalue weighted by Crippen LogP contribution is 2.55. The molecule has 1 unspecified atom stereocenters. The van der Waals surface area contributed by atoms with Crippen molar-refractivity contribution in [3.63, 3.8) is 0 Å². The summed E-state index contributed by atoms with van der Waals surface area (Å²) in [6.07, 6.45) is 2.61. The van der Waals surface area contributed by atoms with E-state index < -0.39 is 0 Å². The van der Waals surface area contributed by atoms with E-state index >= 15 is 0 Å². The summed E-state index contributed by atoms with van der Waals surface area (Å²) in [5, 5.41) is 8.29. The molecule has 0 amide bonds. The maximum Gasteiger partial charge on any atom is 0.0459 e. The second kappa shape index (κ2) is 4.66. The topological polar surface area (TPSA) is 39.8 Å². The predicted octanol–water partition coefficient (Wildman–Crippen LogP) is 2.74. The van der Waals surface area contributed by atoms with E-state index in [-0.39, 0.29) is 0 Å². The van der Waals surface area contributed by atoms with E-state index in [1.807, 2.05) is 0 Å². The van der Waals surface area contributed by atoms with Gasteiger partial charge in [-0.25, -0.2) is 0 Å². The normalized spacial score (nSPS) is 18.7. The molecule has 2 aromatic rings. The number of H-pyrrole nitrogens is 1. The molecule has 3 heteroatoms. The monoisotopic (exact) mass is 257 g/mol. The standard InChI is InChI=1S/C16H23N3/c1-11-14(12-6-4-5-7-13(12)19-11)15(18-3)16(8-9-16)10-17-2/h4-7,15,17-19H,8-10H2,1-3H3. The maximum atomic E-state index is 3.57. The van der Waals surface area contributed by atoms with Gasteiger partial charge in [0.1, 0.15) is 0 Å². The lowest BCUT2D eigenvalue weighted by Crippen LogP contribution is -2.33. The third kappa shape index (κ3) is 1.97. The van der Waals surface area contributed by atoms with Crippen molar-refractivity contribution in [3.05, 3.63) is 35.5 Å². The van der Waals surface area contributed by atoms with E-state index in [0.717, 1.165) is 6.54 Å². The molecule has 1 aliphatic carbocycles. The molecule has 0 spiro atoms. The Balaban J connectivity index is 2.09. The summed E-state index contributed by atoms with van der Waals surface area (Å²) < 4.78 is 0. The Bertz CT molecular complexity index is 581. The van der Waals surface area contributed by atoms with E-state index in [1.54, 1.807) is 0 Å². The van der Waals surface area contributed by atoms with Crippen molar-refractivity contribution in [1.29, 1.82) is 0 Å². The van der Waals surface area contributed by atoms with Gasteiger partial charge in [-0.15, -0.1) is 0 Å². The van der Waals surface area contributed by atoms with Crippen molar-refractivity contribution in [2.24, 2.45) is 5.41 Å². The molecule has 0 aliphatic heterocycles. The van der Waals surface area contributed by atoms with Gasteiger partial charge in [-0.3, -0.25) is 0 Å². The fraction of sp³-hybridized carbons (Fsp3) is 0.500. The zero-order chi connectivity index (χ0) is 13.5. The van der Waals surface area contributed by atoms with Crippen molar-refractivity contribution in [2.45, 2.75) is 25.8 Å². The molecule has 1 aromatic carbocycles. The van der Waals surface area contributed by atoms with E-state index in [1.165, 1.54) is 35.0 Å². The fourth-order valence-corrected chi connectivity index (χ4v) is 3.51. The lowest BCUT2D eigenvalue weighted by Gasteiger charge is -2.27. The average Bonchev–Trinajstić information content (AvgIpc) is 3.10. The smallest absolute Gasteiger partial charge is 0.0459 e. The number of para-hydroxylation sites is 1. The van der Waals surface area contributed by atoms with Crippen LogP contribution in [0.5, 0.6) is 0 Å². The summed E-state index contributed by atoms with van der Waals surface area (Å²) >= 11 is 0. The Labute approximate surface area is 114 Å². The number of aromatic nitrogens is 1. The van der Waals surface area contributed by atoms with Crippen molar-refractivity contribution in [3.8, 4) is 0 Å². The summed E-state index contributed by atoms with van der Waals surface area (Å²) in [4.78, 5) is 3.52. The van der Waals surface area contributed by atoms with Gasteiger partial charge in [0.25, 0.3) is 0 Å². The number of hydrogen-bond acceptors (Lipinski definition) is 2. The Morgan fingerprint density at radius 1 is 1.26 bits per heavy atom. The first kappa shape index (κ1) is 12.7. The van der Waals surface area contributed by atoms with Gasteiger partial charge in [-0.05, 0) is 45.5 Å². The Morgan fingerprint density at radius 3 is 2.63 bits per heavy atom. The molecule has 1 heterocycles. The highest BCUT2D eigenvalue weighted by atomic mass is 15.0. The Morgan fingerprint density at radius 2 is 2.00 bits per heavy atom. The van der Waals surface area contributed by atoms with Crippen molar-refractivity contribution in [2.75, 3.05) is 20.6 Å². The molecule has 1 aromatic heterocycles. The van der Waals surface area contributed by atoms with Gasteiger partial charge in [0.2, 0.25) is 0 Å². The van der Waals surface area contributed by atoms with Crippen molar-refractivity contribution in [1.82, 2.24) is 15.6 Å². The average molecular weight is 257 g/mol. The number of aryl methyl sites for hydroxylation is 1. The van der Waals surface area contributed by atoms with E-state index in [9.17, 15) is 0 Å². The highest BCUT2D eigenvalue weighted by Gasteiger charge is 2.49. The van der Waals surface area contributed by atoms with Crippen LogP contribution < -0.4 is 10.6 Å². The van der Waals surface area contributed by atoms with Gasteiger partial charge in [-0.2, -0.15) is 0 Å². The first-order valence-electron chi connectivity index (χ1n) is 7.11. The van der Waals surface area contributed by atoms with Gasteiger partial charge in [-0.1, -0.05) is 18.2 Å². The minimum Gasteiger partial charge on any atom is -0.358 e. The SMILES string of the molecule is CNCC1(C(NC)c2c(C)[nH]c3ccccc23)CC1. The summed E-state index contributed by atoms with van der Waals surface area (Å²) in [5.74, 6) is 0. The molecular weight excluding hydrogens is 234 g/mol. The quantitative estimate of drug-likeness (QED) is 0.771. The summed E-state index contributed by atoms with van der Waals surface area (Å²) in [6, 6.07) is 9.04. The minimum absolute atomic E-state index is 0.388. The van der Waals surface area contributed by atoms with Crippen LogP contribution in [0.15, 0.2) is 24.3 Å². The van der Waals surface area contributed by atoms with Crippen molar-refractivity contribution < 1.29 is 0 Å². The molecule has 3 rings (SSSR count). The van der Waals surface area contributed by atoms with Crippen LogP contribution in [0.2, 0.25) is 0 Å². The van der Waals surface area contributed by atoms with Gasteiger partial charge in [0, 0.05) is 34.6 Å². The lowest BCUT2D eigenvalue weighted by atomic mass is 9.88. The number of rotatable bonds is 5. The van der Waals surface area contributed by atoms with E-state index in [4.69, 9.17) is 0 Å². The predicted molar refractivity (Wildman–Crippen MR) is 80.4 cm³/mol. The van der Waals surface area contributed by atoms with Crippen LogP contribution in [0.1, 0.15) is 30.1 Å². The summed E-state index contributed by atoms with van der Waals surface area (Å²) in [5.41, 5.74) is 4.38. The van der Waals surface area contributed by atoms with Crippen LogP contribution in [-0.2, 0) is 0 Å². The molecule has 0 saturated heterocycles.